The van der Waals surface area contributed by atoms with Gasteiger partial charge in [0.2, 0.25) is 11.8 Å². The average molecular weight is 428 g/mol. The number of nitrogens with zero attached hydrogens (tertiary/aromatic N) is 3. The van der Waals surface area contributed by atoms with E-state index < -0.39 is 0 Å². The molecule has 1 aliphatic carbocycles. The molecule has 3 aliphatic rings. The number of carbonyl (C=O) groups excluding carboxylic acids is 2. The Morgan fingerprint density at radius 2 is 1.61 bits per heavy atom. The van der Waals surface area contributed by atoms with Crippen LogP contribution in [-0.4, -0.2) is 66.5 Å². The van der Waals surface area contributed by atoms with Crippen molar-refractivity contribution < 1.29 is 14.3 Å². The van der Waals surface area contributed by atoms with Crippen LogP contribution in [0.15, 0.2) is 24.3 Å². The van der Waals surface area contributed by atoms with Crippen molar-refractivity contribution in [3.63, 3.8) is 0 Å². The normalized spacial score (nSPS) is 25.7. The van der Waals surface area contributed by atoms with Gasteiger partial charge in [-0.25, -0.2) is 0 Å². The Kier molecular flexibility index (Phi) is 7.16. The largest absolute Gasteiger partial charge is 0.490 e. The van der Waals surface area contributed by atoms with E-state index in [9.17, 15) is 9.59 Å². The van der Waals surface area contributed by atoms with Crippen molar-refractivity contribution in [2.45, 2.75) is 70.9 Å². The number of benzene rings is 1. The van der Waals surface area contributed by atoms with Crippen LogP contribution in [-0.2, 0) is 9.59 Å². The van der Waals surface area contributed by atoms with E-state index in [1.165, 1.54) is 0 Å². The SMILES string of the molecule is CC(C)N1CCN(C(=O)C2CCC(Oc3ccc(N4CCCCC4=O)cc3)CC2)CC1. The highest BCUT2D eigenvalue weighted by Crippen LogP contribution is 2.30. The van der Waals surface area contributed by atoms with Gasteiger partial charge in [-0.3, -0.25) is 14.5 Å². The number of hydrogen-bond acceptors (Lipinski definition) is 4. The topological polar surface area (TPSA) is 53.1 Å². The number of rotatable bonds is 5. The van der Waals surface area contributed by atoms with E-state index >= 15 is 0 Å². The van der Waals surface area contributed by atoms with E-state index in [0.29, 0.717) is 18.4 Å². The molecule has 31 heavy (non-hydrogen) atoms. The summed E-state index contributed by atoms with van der Waals surface area (Å²) >= 11 is 0. The van der Waals surface area contributed by atoms with Gasteiger partial charge in [-0.05, 0) is 76.6 Å². The Morgan fingerprint density at radius 3 is 2.23 bits per heavy atom. The molecule has 1 saturated carbocycles. The number of carbonyl (C=O) groups is 2. The lowest BCUT2D eigenvalue weighted by Gasteiger charge is -2.39. The smallest absolute Gasteiger partial charge is 0.226 e. The van der Waals surface area contributed by atoms with Crippen LogP contribution in [0.4, 0.5) is 5.69 Å². The molecule has 0 unspecified atom stereocenters. The lowest BCUT2D eigenvalue weighted by atomic mass is 9.86. The Bertz CT molecular complexity index is 748. The summed E-state index contributed by atoms with van der Waals surface area (Å²) in [5, 5.41) is 0. The third kappa shape index (κ3) is 5.40. The minimum atomic E-state index is 0.151. The lowest BCUT2D eigenvalue weighted by molar-refractivity contribution is -0.139. The maximum atomic E-state index is 12.9. The molecule has 0 aromatic heterocycles. The first-order chi connectivity index (χ1) is 15.0. The molecule has 2 aliphatic heterocycles. The van der Waals surface area contributed by atoms with Crippen LogP contribution in [0, 0.1) is 5.92 Å². The van der Waals surface area contributed by atoms with E-state index in [1.54, 1.807) is 0 Å². The summed E-state index contributed by atoms with van der Waals surface area (Å²) in [6.45, 7) is 8.95. The van der Waals surface area contributed by atoms with E-state index in [-0.39, 0.29) is 17.9 Å². The van der Waals surface area contributed by atoms with Gasteiger partial charge < -0.3 is 14.5 Å². The van der Waals surface area contributed by atoms with Crippen LogP contribution in [0.1, 0.15) is 58.8 Å². The summed E-state index contributed by atoms with van der Waals surface area (Å²) in [5.41, 5.74) is 0.962. The summed E-state index contributed by atoms with van der Waals surface area (Å²) in [5.74, 6) is 1.57. The van der Waals surface area contributed by atoms with Crippen molar-refractivity contribution in [3.05, 3.63) is 24.3 Å². The van der Waals surface area contributed by atoms with Crippen LogP contribution in [0.5, 0.6) is 5.75 Å². The highest BCUT2D eigenvalue weighted by Gasteiger charge is 2.32. The molecule has 0 spiro atoms. The first-order valence-corrected chi connectivity index (χ1v) is 12.1. The average Bonchev–Trinajstić information content (AvgIpc) is 2.80. The molecule has 6 nitrogen and oxygen atoms in total. The van der Waals surface area contributed by atoms with Gasteiger partial charge in [-0.1, -0.05) is 0 Å². The van der Waals surface area contributed by atoms with E-state index in [1.807, 2.05) is 29.2 Å². The zero-order valence-corrected chi connectivity index (χ0v) is 19.1. The fraction of sp³-hybridized carbons (Fsp3) is 0.680. The molecule has 6 heteroatoms. The van der Waals surface area contributed by atoms with Gasteiger partial charge in [-0.15, -0.1) is 0 Å². The van der Waals surface area contributed by atoms with Gasteiger partial charge in [-0.2, -0.15) is 0 Å². The van der Waals surface area contributed by atoms with Crippen molar-refractivity contribution in [1.29, 1.82) is 0 Å². The molecule has 0 radical (unpaired) electrons. The van der Waals surface area contributed by atoms with Crippen molar-refractivity contribution >= 4 is 17.5 Å². The van der Waals surface area contributed by atoms with Crippen LogP contribution < -0.4 is 9.64 Å². The van der Waals surface area contributed by atoms with Crippen molar-refractivity contribution in [2.75, 3.05) is 37.6 Å². The number of piperidine rings is 1. The van der Waals surface area contributed by atoms with Crippen LogP contribution >= 0.6 is 0 Å². The van der Waals surface area contributed by atoms with Gasteiger partial charge in [0.05, 0.1) is 6.10 Å². The Balaban J connectivity index is 1.23. The van der Waals surface area contributed by atoms with Crippen LogP contribution in [0.2, 0.25) is 0 Å². The number of ether oxygens (including phenoxy) is 1. The third-order valence-electron chi connectivity index (χ3n) is 7.15. The molecule has 1 aromatic rings. The zero-order valence-electron chi connectivity index (χ0n) is 19.1. The third-order valence-corrected chi connectivity index (χ3v) is 7.15. The fourth-order valence-corrected chi connectivity index (χ4v) is 5.12. The second kappa shape index (κ2) is 10.0. The van der Waals surface area contributed by atoms with Crippen LogP contribution in [0.3, 0.4) is 0 Å². The lowest BCUT2D eigenvalue weighted by Crippen LogP contribution is -2.52. The predicted octanol–water partition coefficient (Wildman–Crippen LogP) is 3.69. The molecule has 0 N–H and O–H groups in total. The van der Waals surface area contributed by atoms with Gasteiger partial charge in [0.25, 0.3) is 0 Å². The monoisotopic (exact) mass is 427 g/mol. The molecule has 1 aromatic carbocycles. The molecule has 0 atom stereocenters. The molecule has 3 fully saturated rings. The standard InChI is InChI=1S/C25H37N3O3/c1-19(2)26-15-17-27(18-16-26)25(30)20-6-10-22(11-7-20)31-23-12-8-21(9-13-23)28-14-4-3-5-24(28)29/h8-9,12-13,19-20,22H,3-7,10-11,14-18H2,1-2H3. The molecule has 2 amide bonds. The fourth-order valence-electron chi connectivity index (χ4n) is 5.12. The van der Waals surface area contributed by atoms with E-state index in [4.69, 9.17) is 4.74 Å². The summed E-state index contributed by atoms with van der Waals surface area (Å²) in [4.78, 5) is 31.4. The quantitative estimate of drug-likeness (QED) is 0.719. The molecule has 4 rings (SSSR count). The van der Waals surface area contributed by atoms with Crippen molar-refractivity contribution in [1.82, 2.24) is 9.80 Å². The Hall–Kier alpha value is -2.08. The molecular weight excluding hydrogens is 390 g/mol. The maximum Gasteiger partial charge on any atom is 0.226 e. The highest BCUT2D eigenvalue weighted by atomic mass is 16.5. The van der Waals surface area contributed by atoms with Crippen molar-refractivity contribution in [3.8, 4) is 5.75 Å². The van der Waals surface area contributed by atoms with Gasteiger partial charge in [0.1, 0.15) is 5.75 Å². The summed E-state index contributed by atoms with van der Waals surface area (Å²) in [6, 6.07) is 8.49. The number of anilines is 1. The van der Waals surface area contributed by atoms with Gasteiger partial charge in [0.15, 0.2) is 0 Å². The summed E-state index contributed by atoms with van der Waals surface area (Å²) < 4.78 is 6.20. The van der Waals surface area contributed by atoms with E-state index in [2.05, 4.69) is 23.6 Å². The molecule has 2 heterocycles. The zero-order chi connectivity index (χ0) is 21.8. The first kappa shape index (κ1) is 22.1. The molecule has 0 bridgehead atoms. The summed E-state index contributed by atoms with van der Waals surface area (Å²) in [6.07, 6.45) is 6.55. The molecule has 2 saturated heterocycles. The predicted molar refractivity (Wildman–Crippen MR) is 122 cm³/mol. The van der Waals surface area contributed by atoms with Gasteiger partial charge in [0, 0.05) is 56.8 Å². The van der Waals surface area contributed by atoms with E-state index in [0.717, 1.165) is 82.7 Å². The maximum absolute atomic E-state index is 12.9. The Morgan fingerprint density at radius 1 is 0.935 bits per heavy atom. The number of amides is 2. The number of hydrogen-bond donors (Lipinski definition) is 0. The van der Waals surface area contributed by atoms with Gasteiger partial charge >= 0.3 is 0 Å². The minimum absolute atomic E-state index is 0.151. The Labute approximate surface area is 186 Å². The first-order valence-electron chi connectivity index (χ1n) is 12.1. The second-order valence-corrected chi connectivity index (χ2v) is 9.54. The van der Waals surface area contributed by atoms with Crippen LogP contribution in [0.25, 0.3) is 0 Å². The molecular formula is C25H37N3O3. The molecule has 170 valence electrons. The van der Waals surface area contributed by atoms with Crippen molar-refractivity contribution in [2.24, 2.45) is 5.92 Å². The highest BCUT2D eigenvalue weighted by molar-refractivity contribution is 5.94. The number of piperazine rings is 1. The second-order valence-electron chi connectivity index (χ2n) is 9.54. The minimum Gasteiger partial charge on any atom is -0.490 e. The summed E-state index contributed by atoms with van der Waals surface area (Å²) in [7, 11) is 0.